The van der Waals surface area contributed by atoms with Crippen LogP contribution < -0.4 is 0 Å². The Kier molecular flexibility index (Phi) is 4.81. The summed E-state index contributed by atoms with van der Waals surface area (Å²) in [5.74, 6) is -2.76. The maximum absolute atomic E-state index is 13.5. The van der Waals surface area contributed by atoms with Gasteiger partial charge in [0.15, 0.2) is 0 Å². The molecule has 1 N–H and O–H groups in total. The molecule has 2 nitrogen and oxygen atoms in total. The minimum atomic E-state index is -1.08. The number of benzene rings is 1. The van der Waals surface area contributed by atoms with Gasteiger partial charge in [-0.15, -0.1) is 0 Å². The fourth-order valence-corrected chi connectivity index (χ4v) is 1.92. The summed E-state index contributed by atoms with van der Waals surface area (Å²) >= 11 is 3.00. The molecule has 0 aromatic heterocycles. The van der Waals surface area contributed by atoms with Crippen LogP contribution in [-0.4, -0.2) is 11.1 Å². The number of carboxylic acids is 1. The van der Waals surface area contributed by atoms with Gasteiger partial charge in [0.2, 0.25) is 0 Å². The fraction of sp³-hybridized carbons (Fsp3) is 0.250. The molecule has 0 aliphatic carbocycles. The van der Waals surface area contributed by atoms with Gasteiger partial charge in [0.05, 0.1) is 0 Å². The molecule has 17 heavy (non-hydrogen) atoms. The second-order valence-electron chi connectivity index (χ2n) is 3.66. The van der Waals surface area contributed by atoms with Gasteiger partial charge in [-0.3, -0.25) is 0 Å². The van der Waals surface area contributed by atoms with Crippen molar-refractivity contribution in [2.24, 2.45) is 0 Å². The molecule has 0 aliphatic heterocycles. The Morgan fingerprint density at radius 2 is 2.00 bits per heavy atom. The predicted octanol–water partition coefficient (Wildman–Crippen LogP) is 3.86. The molecule has 0 heterocycles. The fourth-order valence-electron chi connectivity index (χ4n) is 1.51. The van der Waals surface area contributed by atoms with Crippen molar-refractivity contribution in [3.05, 3.63) is 46.0 Å². The third kappa shape index (κ3) is 3.93. The van der Waals surface area contributed by atoms with Crippen LogP contribution in [0.2, 0.25) is 0 Å². The highest BCUT2D eigenvalue weighted by atomic mass is 79.9. The molecule has 0 fully saturated rings. The van der Waals surface area contributed by atoms with Crippen molar-refractivity contribution < 1.29 is 18.7 Å². The number of hydrogen-bond acceptors (Lipinski definition) is 1. The van der Waals surface area contributed by atoms with E-state index in [2.05, 4.69) is 15.9 Å². The molecular formula is C12H11BrF2O2. The van der Waals surface area contributed by atoms with Crippen LogP contribution in [0.25, 0.3) is 0 Å². The molecule has 0 radical (unpaired) electrons. The van der Waals surface area contributed by atoms with Crippen molar-refractivity contribution in [1.29, 1.82) is 0 Å². The molecular weight excluding hydrogens is 294 g/mol. The number of carbonyl (C=O) groups is 1. The zero-order chi connectivity index (χ0) is 13.0. The predicted molar refractivity (Wildman–Crippen MR) is 63.9 cm³/mol. The van der Waals surface area contributed by atoms with Gasteiger partial charge in [-0.1, -0.05) is 28.9 Å². The Bertz CT molecular complexity index is 435. The first kappa shape index (κ1) is 13.8. The standard InChI is InChI=1S/C12H11BrF2O2/c1-7(3-2-4-11(16)17)12-9(14)5-8(13)6-10(12)15/h2,4-7H,3H2,1H3,(H,16,17)/b4-2+. The third-order valence-electron chi connectivity index (χ3n) is 2.29. The average molecular weight is 305 g/mol. The van der Waals surface area contributed by atoms with Crippen molar-refractivity contribution >= 4 is 21.9 Å². The van der Waals surface area contributed by atoms with Crippen LogP contribution in [0.15, 0.2) is 28.8 Å². The Morgan fingerprint density at radius 1 is 1.47 bits per heavy atom. The van der Waals surface area contributed by atoms with E-state index in [1.165, 1.54) is 18.2 Å². The summed E-state index contributed by atoms with van der Waals surface area (Å²) in [6.45, 7) is 1.64. The first-order valence-corrected chi connectivity index (χ1v) is 5.75. The van der Waals surface area contributed by atoms with E-state index in [-0.39, 0.29) is 12.0 Å². The molecule has 5 heteroatoms. The number of hydrogen-bond donors (Lipinski definition) is 1. The smallest absolute Gasteiger partial charge is 0.327 e. The lowest BCUT2D eigenvalue weighted by molar-refractivity contribution is -0.131. The number of rotatable bonds is 4. The van der Waals surface area contributed by atoms with Crippen LogP contribution in [0.1, 0.15) is 24.8 Å². The topological polar surface area (TPSA) is 37.3 Å². The number of allylic oxidation sites excluding steroid dienone is 1. The second-order valence-corrected chi connectivity index (χ2v) is 4.58. The van der Waals surface area contributed by atoms with Crippen LogP contribution in [0.5, 0.6) is 0 Å². The van der Waals surface area contributed by atoms with Crippen molar-refractivity contribution in [3.8, 4) is 0 Å². The molecule has 0 saturated carbocycles. The Balaban J connectivity index is 2.89. The summed E-state index contributed by atoms with van der Waals surface area (Å²) in [5, 5.41) is 8.40. The second kappa shape index (κ2) is 5.91. The lowest BCUT2D eigenvalue weighted by atomic mass is 9.96. The SMILES string of the molecule is CC(C/C=C/C(=O)O)c1c(F)cc(Br)cc1F. The lowest BCUT2D eigenvalue weighted by Gasteiger charge is -2.12. The number of halogens is 3. The summed E-state index contributed by atoms with van der Waals surface area (Å²) in [7, 11) is 0. The van der Waals surface area contributed by atoms with Crippen LogP contribution in [0.4, 0.5) is 8.78 Å². The summed E-state index contributed by atoms with van der Waals surface area (Å²) in [5.41, 5.74) is -0.0248. The van der Waals surface area contributed by atoms with Gasteiger partial charge in [-0.2, -0.15) is 0 Å². The van der Waals surface area contributed by atoms with Gasteiger partial charge in [-0.05, 0) is 24.5 Å². The van der Waals surface area contributed by atoms with E-state index in [9.17, 15) is 13.6 Å². The van der Waals surface area contributed by atoms with Crippen molar-refractivity contribution in [2.45, 2.75) is 19.3 Å². The Hall–Kier alpha value is -1.23. The van der Waals surface area contributed by atoms with Gasteiger partial charge in [-0.25, -0.2) is 13.6 Å². The van der Waals surface area contributed by atoms with E-state index < -0.39 is 23.5 Å². The van der Waals surface area contributed by atoms with Crippen LogP contribution >= 0.6 is 15.9 Å². The molecule has 0 amide bonds. The quantitative estimate of drug-likeness (QED) is 0.858. The van der Waals surface area contributed by atoms with Crippen LogP contribution in [-0.2, 0) is 4.79 Å². The van der Waals surface area contributed by atoms with E-state index in [1.807, 2.05) is 0 Å². The Morgan fingerprint density at radius 3 is 2.47 bits per heavy atom. The summed E-state index contributed by atoms with van der Waals surface area (Å²) in [6, 6.07) is 2.38. The monoisotopic (exact) mass is 304 g/mol. The molecule has 0 bridgehead atoms. The minimum absolute atomic E-state index is 0.0248. The molecule has 1 atom stereocenters. The number of aliphatic carboxylic acids is 1. The van der Waals surface area contributed by atoms with Crippen LogP contribution in [0, 0.1) is 11.6 Å². The first-order chi connectivity index (χ1) is 7.91. The average Bonchev–Trinajstić information content (AvgIpc) is 2.14. The van der Waals surface area contributed by atoms with E-state index in [4.69, 9.17) is 5.11 Å². The van der Waals surface area contributed by atoms with Crippen molar-refractivity contribution in [2.75, 3.05) is 0 Å². The van der Waals surface area contributed by atoms with E-state index in [0.29, 0.717) is 4.47 Å². The number of carboxylic acid groups (broad SMARTS) is 1. The molecule has 92 valence electrons. The molecule has 0 aliphatic rings. The molecule has 1 rings (SSSR count). The molecule has 0 spiro atoms. The maximum atomic E-state index is 13.5. The van der Waals surface area contributed by atoms with Gasteiger partial charge in [0.1, 0.15) is 11.6 Å². The van der Waals surface area contributed by atoms with E-state index >= 15 is 0 Å². The highest BCUT2D eigenvalue weighted by Crippen LogP contribution is 2.28. The largest absolute Gasteiger partial charge is 0.478 e. The van der Waals surface area contributed by atoms with Gasteiger partial charge < -0.3 is 5.11 Å². The third-order valence-corrected chi connectivity index (χ3v) is 2.74. The lowest BCUT2D eigenvalue weighted by Crippen LogP contribution is -2.01. The summed E-state index contributed by atoms with van der Waals surface area (Å²) in [4.78, 5) is 10.3. The Labute approximate surface area is 106 Å². The molecule has 1 unspecified atom stereocenters. The van der Waals surface area contributed by atoms with Gasteiger partial charge in [0.25, 0.3) is 0 Å². The van der Waals surface area contributed by atoms with Gasteiger partial charge in [0, 0.05) is 16.1 Å². The normalized spacial score (nSPS) is 12.9. The van der Waals surface area contributed by atoms with E-state index in [0.717, 1.165) is 6.08 Å². The van der Waals surface area contributed by atoms with Crippen molar-refractivity contribution in [1.82, 2.24) is 0 Å². The highest BCUT2D eigenvalue weighted by Gasteiger charge is 2.16. The summed E-state index contributed by atoms with van der Waals surface area (Å²) < 4.78 is 27.4. The molecule has 0 saturated heterocycles. The van der Waals surface area contributed by atoms with Crippen molar-refractivity contribution in [3.63, 3.8) is 0 Å². The maximum Gasteiger partial charge on any atom is 0.327 e. The minimum Gasteiger partial charge on any atom is -0.478 e. The highest BCUT2D eigenvalue weighted by molar-refractivity contribution is 9.10. The first-order valence-electron chi connectivity index (χ1n) is 4.95. The van der Waals surface area contributed by atoms with Gasteiger partial charge >= 0.3 is 5.97 Å². The molecule has 1 aromatic carbocycles. The van der Waals surface area contributed by atoms with E-state index in [1.54, 1.807) is 6.92 Å². The summed E-state index contributed by atoms with van der Waals surface area (Å²) in [6.07, 6.45) is 2.61. The van der Waals surface area contributed by atoms with Crippen LogP contribution in [0.3, 0.4) is 0 Å². The molecule has 1 aromatic rings. The zero-order valence-electron chi connectivity index (χ0n) is 9.08. The zero-order valence-corrected chi connectivity index (χ0v) is 10.7.